The van der Waals surface area contributed by atoms with Crippen LogP contribution in [0.3, 0.4) is 0 Å². The molecule has 0 aliphatic carbocycles. The lowest BCUT2D eigenvalue weighted by Gasteiger charge is -2.12. The van der Waals surface area contributed by atoms with Gasteiger partial charge in [-0.1, -0.05) is 18.2 Å². The maximum absolute atomic E-state index is 12.4. The Balaban J connectivity index is 1.23. The molecule has 6 rings (SSSR count). The van der Waals surface area contributed by atoms with E-state index < -0.39 is 62.2 Å². The van der Waals surface area contributed by atoms with E-state index >= 15 is 0 Å². The average molecular weight is 820 g/mol. The van der Waals surface area contributed by atoms with Crippen LogP contribution in [0.15, 0.2) is 138 Å². The second kappa shape index (κ2) is 15.0. The molecule has 21 heteroatoms. The number of nitrogen functional groups attached to an aromatic ring is 1. The van der Waals surface area contributed by atoms with Crippen molar-refractivity contribution in [1.82, 2.24) is 0 Å². The quantitative estimate of drug-likeness (QED) is 0.0347. The van der Waals surface area contributed by atoms with Gasteiger partial charge >= 0.3 is 0 Å². The van der Waals surface area contributed by atoms with Gasteiger partial charge in [0, 0.05) is 34.2 Å². The zero-order valence-corrected chi connectivity index (χ0v) is 31.0. The minimum atomic E-state index is -5.16. The van der Waals surface area contributed by atoms with Crippen LogP contribution in [0, 0.1) is 6.92 Å². The van der Waals surface area contributed by atoms with Gasteiger partial charge in [0.05, 0.1) is 22.0 Å². The number of aryl methyl sites for hydroxylation is 1. The van der Waals surface area contributed by atoms with Crippen LogP contribution in [0.4, 0.5) is 51.2 Å². The molecule has 6 aromatic carbocycles. The Labute approximate surface area is 319 Å². The topological polar surface area (TPSA) is 303 Å². The molecule has 9 N–H and O–H groups in total. The van der Waals surface area contributed by atoms with Crippen LogP contribution >= 0.6 is 0 Å². The number of benzene rings is 6. The van der Waals surface area contributed by atoms with Crippen LogP contribution in [0.5, 0.6) is 11.5 Å². The Bertz CT molecular complexity index is 2940. The molecule has 0 radical (unpaired) electrons. The van der Waals surface area contributed by atoms with Gasteiger partial charge in [0.1, 0.15) is 26.9 Å². The SMILES string of the molecule is Cc1ccccc1Nc1ccc(N=Nc2ccc(Nc3ccc(N=Nc4c(S(=O)(=O)O)cc5cc(S(=O)(=O)O)cc(N)c5c4O)cc3S(=O)(=O)O)cc2)c(O)c1. The molecule has 0 spiro atoms. The van der Waals surface area contributed by atoms with Crippen LogP contribution in [0.2, 0.25) is 0 Å². The highest BCUT2D eigenvalue weighted by Crippen LogP contribution is 2.44. The molecule has 0 heterocycles. The normalized spacial score (nSPS) is 12.4. The summed E-state index contributed by atoms with van der Waals surface area (Å²) in [5, 5.41) is 42.6. The number of nitrogens with two attached hydrogens (primary N) is 1. The molecule has 0 amide bonds. The second-order valence-corrected chi connectivity index (χ2v) is 16.2. The number of anilines is 5. The lowest BCUT2D eigenvalue weighted by atomic mass is 10.1. The number of phenols is 2. The van der Waals surface area contributed by atoms with Crippen LogP contribution in [-0.2, 0) is 30.4 Å². The van der Waals surface area contributed by atoms with Crippen molar-refractivity contribution < 1.29 is 49.1 Å². The number of nitrogens with zero attached hydrogens (tertiary/aromatic N) is 4. The smallest absolute Gasteiger partial charge is 0.296 e. The predicted octanol–water partition coefficient (Wildman–Crippen LogP) is 8.20. The number of phenolic OH excluding ortho intramolecular Hbond substituents is 2. The third-order valence-electron chi connectivity index (χ3n) is 8.06. The van der Waals surface area contributed by atoms with Crippen LogP contribution in [0.25, 0.3) is 10.8 Å². The lowest BCUT2D eigenvalue weighted by molar-refractivity contribution is 0.472. The number of fused-ring (bicyclic) bond motifs is 1. The summed E-state index contributed by atoms with van der Waals surface area (Å²) >= 11 is 0. The van der Waals surface area contributed by atoms with Crippen molar-refractivity contribution in [3.8, 4) is 11.5 Å². The molecular formula is C35H29N7O11S3. The maximum atomic E-state index is 12.4. The molecule has 0 bridgehead atoms. The number of para-hydroxylation sites is 1. The molecule has 0 unspecified atom stereocenters. The number of hydrogen-bond acceptors (Lipinski definition) is 15. The first-order valence-electron chi connectivity index (χ1n) is 15.8. The van der Waals surface area contributed by atoms with Gasteiger partial charge in [-0.2, -0.15) is 35.5 Å². The number of aromatic hydroxyl groups is 2. The number of azo groups is 2. The third kappa shape index (κ3) is 8.73. The Kier molecular flexibility index (Phi) is 10.5. The Hall–Kier alpha value is -6.49. The lowest BCUT2D eigenvalue weighted by Crippen LogP contribution is -2.03. The van der Waals surface area contributed by atoms with Gasteiger partial charge in [-0.3, -0.25) is 13.7 Å². The fraction of sp³-hybridized carbons (Fsp3) is 0.0286. The third-order valence-corrected chi connectivity index (χ3v) is 10.6. The van der Waals surface area contributed by atoms with Gasteiger partial charge in [0.2, 0.25) is 0 Å². The zero-order chi connectivity index (χ0) is 40.6. The van der Waals surface area contributed by atoms with Gasteiger partial charge in [0.15, 0.2) is 5.75 Å². The van der Waals surface area contributed by atoms with Gasteiger partial charge in [-0.25, -0.2) is 0 Å². The highest BCUT2D eigenvalue weighted by atomic mass is 32.2. The fourth-order valence-corrected chi connectivity index (χ4v) is 7.24. The standard InChI is InChI=1S/C35H29N7O11S3/c1-19-4-2-3-5-27(19)38-23-10-12-28(30(43)16-23)41-39-22-8-6-21(7-9-22)37-29-13-11-24(17-31(29)55(48,49)50)40-42-34-32(56(51,52)53)15-20-14-25(54(45,46)47)18-26(36)33(20)35(34)44/h2-18,37-38,43-44H,36H2,1H3,(H,45,46,47)(H,48,49,50)(H,51,52,53). The maximum Gasteiger partial charge on any atom is 0.296 e. The molecule has 288 valence electrons. The first kappa shape index (κ1) is 39.2. The van der Waals surface area contributed by atoms with Crippen molar-refractivity contribution in [2.45, 2.75) is 21.6 Å². The van der Waals surface area contributed by atoms with Crippen molar-refractivity contribution in [2.24, 2.45) is 20.5 Å². The molecule has 56 heavy (non-hydrogen) atoms. The van der Waals surface area contributed by atoms with E-state index in [0.717, 1.165) is 35.5 Å². The summed E-state index contributed by atoms with van der Waals surface area (Å²) < 4.78 is 102. The van der Waals surface area contributed by atoms with Crippen molar-refractivity contribution >= 4 is 92.3 Å². The molecule has 0 aliphatic rings. The van der Waals surface area contributed by atoms with Crippen LogP contribution in [-0.4, -0.2) is 49.1 Å². The van der Waals surface area contributed by atoms with Gasteiger partial charge < -0.3 is 26.6 Å². The molecule has 18 nitrogen and oxygen atoms in total. The largest absolute Gasteiger partial charge is 0.506 e. The number of nitrogens with one attached hydrogen (secondary N) is 2. The molecule has 0 atom stereocenters. The van der Waals surface area contributed by atoms with E-state index in [-0.39, 0.29) is 33.6 Å². The highest BCUT2D eigenvalue weighted by Gasteiger charge is 2.25. The molecule has 0 aromatic heterocycles. The Morgan fingerprint density at radius 2 is 1.21 bits per heavy atom. The molecule has 0 saturated carbocycles. The summed E-state index contributed by atoms with van der Waals surface area (Å²) in [6, 6.07) is 24.3. The molecule has 6 aromatic rings. The zero-order valence-electron chi connectivity index (χ0n) is 28.6. The van der Waals surface area contributed by atoms with E-state index in [2.05, 4.69) is 31.1 Å². The van der Waals surface area contributed by atoms with Crippen molar-refractivity contribution in [3.05, 3.63) is 109 Å². The Morgan fingerprint density at radius 3 is 1.86 bits per heavy atom. The van der Waals surface area contributed by atoms with E-state index in [0.29, 0.717) is 17.1 Å². The first-order chi connectivity index (χ1) is 26.3. The van der Waals surface area contributed by atoms with Crippen molar-refractivity contribution in [3.63, 3.8) is 0 Å². The number of rotatable bonds is 11. The molecule has 0 fully saturated rings. The number of hydrogen-bond donors (Lipinski definition) is 8. The summed E-state index contributed by atoms with van der Waals surface area (Å²) in [6.45, 7) is 1.95. The predicted molar refractivity (Wildman–Crippen MR) is 207 cm³/mol. The molecular weight excluding hydrogens is 791 g/mol. The minimum absolute atomic E-state index is 0.110. The van der Waals surface area contributed by atoms with Crippen LogP contribution < -0.4 is 16.4 Å². The first-order valence-corrected chi connectivity index (χ1v) is 20.1. The highest BCUT2D eigenvalue weighted by molar-refractivity contribution is 7.86. The van der Waals surface area contributed by atoms with E-state index in [1.54, 1.807) is 24.3 Å². The van der Waals surface area contributed by atoms with Crippen LogP contribution in [0.1, 0.15) is 5.56 Å². The minimum Gasteiger partial charge on any atom is -0.506 e. The van der Waals surface area contributed by atoms with Crippen molar-refractivity contribution in [2.75, 3.05) is 16.4 Å². The summed E-state index contributed by atoms with van der Waals surface area (Å²) in [4.78, 5) is -2.43. The second-order valence-electron chi connectivity index (χ2n) is 12.0. The summed E-state index contributed by atoms with van der Waals surface area (Å²) in [5.74, 6) is -1.06. The van der Waals surface area contributed by atoms with Gasteiger partial charge in [0.25, 0.3) is 30.4 Å². The summed E-state index contributed by atoms with van der Waals surface area (Å²) in [5.41, 5.74) is 7.73. The van der Waals surface area contributed by atoms with Crippen molar-refractivity contribution in [1.29, 1.82) is 0 Å². The van der Waals surface area contributed by atoms with Gasteiger partial charge in [-0.15, -0.1) is 10.2 Å². The van der Waals surface area contributed by atoms with E-state index in [9.17, 15) is 49.1 Å². The molecule has 0 saturated heterocycles. The van der Waals surface area contributed by atoms with E-state index in [4.69, 9.17) is 5.73 Å². The summed E-state index contributed by atoms with van der Waals surface area (Å²) in [6.07, 6.45) is 0. The van der Waals surface area contributed by atoms with E-state index in [1.165, 1.54) is 30.3 Å². The van der Waals surface area contributed by atoms with Gasteiger partial charge in [-0.05, 0) is 96.7 Å². The summed E-state index contributed by atoms with van der Waals surface area (Å²) in [7, 11) is -14.9. The van der Waals surface area contributed by atoms with E-state index in [1.807, 2.05) is 31.2 Å². The fourth-order valence-electron chi connectivity index (χ4n) is 5.36. The monoisotopic (exact) mass is 819 g/mol. The average Bonchev–Trinajstić information content (AvgIpc) is 3.11. The molecule has 0 aliphatic heterocycles. The Morgan fingerprint density at radius 1 is 0.589 bits per heavy atom.